The molecule has 2 heterocycles. The van der Waals surface area contributed by atoms with Crippen molar-refractivity contribution < 1.29 is 0 Å². The van der Waals surface area contributed by atoms with Gasteiger partial charge in [-0.25, -0.2) is 0 Å². The van der Waals surface area contributed by atoms with Gasteiger partial charge in [-0.3, -0.25) is 4.68 Å². The van der Waals surface area contributed by atoms with Crippen LogP contribution in [0.15, 0.2) is 12.3 Å². The standard InChI is InChI=1S/C7H10N6S/c1-5(2)12-4-3-6(9-12)13-7(14)8-10-11-13/h3-5H,1-2H3,(H,8,11,14). The molecule has 0 saturated carbocycles. The van der Waals surface area contributed by atoms with Crippen molar-refractivity contribution in [3.63, 3.8) is 0 Å². The predicted octanol–water partition coefficient (Wildman–Crippen LogP) is 1.10. The topological polar surface area (TPSA) is 64.3 Å². The molecule has 2 aromatic rings. The van der Waals surface area contributed by atoms with Crippen molar-refractivity contribution in [2.45, 2.75) is 19.9 Å². The minimum atomic E-state index is 0.328. The lowest BCUT2D eigenvalue weighted by Gasteiger charge is -2.03. The minimum Gasteiger partial charge on any atom is -0.268 e. The molecule has 0 aliphatic carbocycles. The van der Waals surface area contributed by atoms with Crippen molar-refractivity contribution in [3.05, 3.63) is 17.0 Å². The van der Waals surface area contributed by atoms with Gasteiger partial charge in [0.2, 0.25) is 4.77 Å². The minimum absolute atomic E-state index is 0.328. The molecule has 6 nitrogen and oxygen atoms in total. The Morgan fingerprint density at radius 1 is 1.50 bits per heavy atom. The number of hydrogen-bond acceptors (Lipinski definition) is 4. The van der Waals surface area contributed by atoms with Gasteiger partial charge in [0.15, 0.2) is 5.82 Å². The highest BCUT2D eigenvalue weighted by molar-refractivity contribution is 7.71. The van der Waals surface area contributed by atoms with Gasteiger partial charge in [0.1, 0.15) is 0 Å². The molecule has 0 aliphatic rings. The molecule has 7 heteroatoms. The summed E-state index contributed by atoms with van der Waals surface area (Å²) in [5, 5.41) is 14.2. The highest BCUT2D eigenvalue weighted by atomic mass is 32.1. The molecule has 1 N–H and O–H groups in total. The number of tetrazole rings is 1. The zero-order chi connectivity index (χ0) is 10.1. The first-order valence-corrected chi connectivity index (χ1v) is 4.65. The Labute approximate surface area is 85.5 Å². The number of aromatic nitrogens is 6. The highest BCUT2D eigenvalue weighted by Gasteiger charge is 2.05. The normalized spacial score (nSPS) is 11.1. The van der Waals surface area contributed by atoms with Gasteiger partial charge in [-0.2, -0.15) is 15.0 Å². The van der Waals surface area contributed by atoms with Crippen LogP contribution in [-0.4, -0.2) is 30.0 Å². The van der Waals surface area contributed by atoms with Crippen LogP contribution in [0.1, 0.15) is 19.9 Å². The van der Waals surface area contributed by atoms with E-state index in [1.54, 1.807) is 4.68 Å². The zero-order valence-corrected chi connectivity index (χ0v) is 8.69. The zero-order valence-electron chi connectivity index (χ0n) is 7.88. The number of nitrogens with zero attached hydrogens (tertiary/aromatic N) is 5. The van der Waals surface area contributed by atoms with E-state index in [4.69, 9.17) is 12.2 Å². The van der Waals surface area contributed by atoms with Crippen molar-refractivity contribution in [3.8, 4) is 5.82 Å². The molecular weight excluding hydrogens is 200 g/mol. The SMILES string of the molecule is CC(C)n1ccc(-n2[nH]nnc2=S)n1. The maximum Gasteiger partial charge on any atom is 0.244 e. The lowest BCUT2D eigenvalue weighted by atomic mass is 10.4. The van der Waals surface area contributed by atoms with Crippen LogP contribution in [0.5, 0.6) is 0 Å². The van der Waals surface area contributed by atoms with E-state index in [2.05, 4.69) is 34.5 Å². The van der Waals surface area contributed by atoms with Crippen LogP contribution in [-0.2, 0) is 0 Å². The average Bonchev–Trinajstić information content (AvgIpc) is 2.71. The van der Waals surface area contributed by atoms with Crippen LogP contribution in [0.4, 0.5) is 0 Å². The van der Waals surface area contributed by atoms with Crippen LogP contribution in [0.2, 0.25) is 0 Å². The van der Waals surface area contributed by atoms with Gasteiger partial charge in [-0.15, -0.1) is 0 Å². The van der Waals surface area contributed by atoms with E-state index < -0.39 is 0 Å². The Balaban J connectivity index is 2.44. The summed E-state index contributed by atoms with van der Waals surface area (Å²) in [7, 11) is 0. The van der Waals surface area contributed by atoms with Crippen LogP contribution < -0.4 is 0 Å². The third kappa shape index (κ3) is 1.46. The average molecular weight is 210 g/mol. The number of hydrogen-bond donors (Lipinski definition) is 1. The summed E-state index contributed by atoms with van der Waals surface area (Å²) in [5.74, 6) is 0.703. The van der Waals surface area contributed by atoms with Crippen LogP contribution in [0.3, 0.4) is 0 Å². The molecule has 0 atom stereocenters. The first-order chi connectivity index (χ1) is 6.68. The van der Waals surface area contributed by atoms with Crippen LogP contribution >= 0.6 is 12.2 Å². The van der Waals surface area contributed by atoms with Crippen molar-refractivity contribution >= 4 is 12.2 Å². The molecule has 0 bridgehead atoms. The Kier molecular flexibility index (Phi) is 2.16. The third-order valence-corrected chi connectivity index (χ3v) is 2.09. The smallest absolute Gasteiger partial charge is 0.244 e. The van der Waals surface area contributed by atoms with Gasteiger partial charge >= 0.3 is 0 Å². The van der Waals surface area contributed by atoms with E-state index in [-0.39, 0.29) is 0 Å². The molecule has 0 fully saturated rings. The van der Waals surface area contributed by atoms with Crippen molar-refractivity contribution in [1.29, 1.82) is 0 Å². The van der Waals surface area contributed by atoms with E-state index in [1.807, 2.05) is 16.9 Å². The van der Waals surface area contributed by atoms with E-state index in [1.165, 1.54) is 0 Å². The van der Waals surface area contributed by atoms with Gasteiger partial charge in [-0.05, 0) is 26.1 Å². The quantitative estimate of drug-likeness (QED) is 0.754. The van der Waals surface area contributed by atoms with Crippen molar-refractivity contribution in [1.82, 2.24) is 30.0 Å². The third-order valence-electron chi connectivity index (χ3n) is 1.82. The Morgan fingerprint density at radius 2 is 2.29 bits per heavy atom. The van der Waals surface area contributed by atoms with E-state index >= 15 is 0 Å². The summed E-state index contributed by atoms with van der Waals surface area (Å²) in [4.78, 5) is 0. The van der Waals surface area contributed by atoms with Crippen LogP contribution in [0, 0.1) is 4.77 Å². The molecule has 0 unspecified atom stereocenters. The molecule has 14 heavy (non-hydrogen) atoms. The van der Waals surface area contributed by atoms with Crippen molar-refractivity contribution in [2.75, 3.05) is 0 Å². The first kappa shape index (κ1) is 9.07. The second-order valence-corrected chi connectivity index (χ2v) is 3.53. The van der Waals surface area contributed by atoms with Gasteiger partial charge in [0.05, 0.1) is 0 Å². The number of H-pyrrole nitrogens is 1. The molecule has 0 aliphatic heterocycles. The fourth-order valence-corrected chi connectivity index (χ4v) is 1.26. The molecule has 0 saturated heterocycles. The highest BCUT2D eigenvalue weighted by Crippen LogP contribution is 2.06. The summed E-state index contributed by atoms with van der Waals surface area (Å²) >= 11 is 4.95. The summed E-state index contributed by atoms with van der Waals surface area (Å²) in [6.45, 7) is 4.11. The lowest BCUT2D eigenvalue weighted by Crippen LogP contribution is -2.04. The monoisotopic (exact) mass is 210 g/mol. The Hall–Kier alpha value is -1.50. The van der Waals surface area contributed by atoms with E-state index in [0.29, 0.717) is 16.6 Å². The summed E-state index contributed by atoms with van der Waals surface area (Å²) in [5.41, 5.74) is 0. The second-order valence-electron chi connectivity index (χ2n) is 3.17. The largest absolute Gasteiger partial charge is 0.268 e. The summed E-state index contributed by atoms with van der Waals surface area (Å²) in [6.07, 6.45) is 1.89. The number of aromatic amines is 1. The van der Waals surface area contributed by atoms with Crippen LogP contribution in [0.25, 0.3) is 5.82 Å². The van der Waals surface area contributed by atoms with Gasteiger partial charge in [0.25, 0.3) is 0 Å². The molecule has 2 rings (SSSR count). The number of nitrogens with one attached hydrogen (secondary N) is 1. The fraction of sp³-hybridized carbons (Fsp3) is 0.429. The maximum absolute atomic E-state index is 4.95. The molecule has 2 aromatic heterocycles. The first-order valence-electron chi connectivity index (χ1n) is 4.24. The van der Waals surface area contributed by atoms with E-state index in [0.717, 1.165) is 0 Å². The summed E-state index contributed by atoms with van der Waals surface area (Å²) in [6, 6.07) is 2.18. The molecular formula is C7H10N6S. The van der Waals surface area contributed by atoms with Gasteiger partial charge in [-0.1, -0.05) is 10.3 Å². The molecule has 0 radical (unpaired) electrons. The van der Waals surface area contributed by atoms with Gasteiger partial charge < -0.3 is 0 Å². The predicted molar refractivity (Wildman–Crippen MR) is 52.7 cm³/mol. The molecule has 0 amide bonds. The number of rotatable bonds is 2. The fourth-order valence-electron chi connectivity index (χ4n) is 1.08. The molecule has 74 valence electrons. The lowest BCUT2D eigenvalue weighted by molar-refractivity contribution is 0.527. The maximum atomic E-state index is 4.95. The molecule has 0 spiro atoms. The van der Waals surface area contributed by atoms with Crippen molar-refractivity contribution in [2.24, 2.45) is 0 Å². The molecule has 0 aromatic carbocycles. The Morgan fingerprint density at radius 3 is 2.79 bits per heavy atom. The second kappa shape index (κ2) is 3.33. The van der Waals surface area contributed by atoms with E-state index in [9.17, 15) is 0 Å². The van der Waals surface area contributed by atoms with Gasteiger partial charge in [0, 0.05) is 18.3 Å². The summed E-state index contributed by atoms with van der Waals surface area (Å²) < 4.78 is 3.77. The Bertz CT molecular complexity index is 478.